The van der Waals surface area contributed by atoms with Crippen molar-refractivity contribution in [2.75, 3.05) is 31.2 Å². The molecule has 1 aliphatic heterocycles. The fourth-order valence-corrected chi connectivity index (χ4v) is 4.81. The Morgan fingerprint density at radius 2 is 1.82 bits per heavy atom. The van der Waals surface area contributed by atoms with Crippen LogP contribution in [-0.4, -0.2) is 40.0 Å². The molecule has 0 bridgehead atoms. The van der Waals surface area contributed by atoms with Crippen LogP contribution >= 0.6 is 0 Å². The zero-order valence-corrected chi connectivity index (χ0v) is 13.6. The average Bonchev–Trinajstić information content (AvgIpc) is 3.10. The number of morpholine rings is 1. The zero-order valence-electron chi connectivity index (χ0n) is 12.8. The molecule has 1 N–H and O–H groups in total. The summed E-state index contributed by atoms with van der Waals surface area (Å²) in [5, 5.41) is -0.206. The molecule has 0 atom stereocenters. The second-order valence-electron chi connectivity index (χ2n) is 6.00. The van der Waals surface area contributed by atoms with Crippen molar-refractivity contribution in [1.29, 1.82) is 0 Å². The molecule has 1 saturated carbocycles. The molecular formula is C16H24N2O3S. The van der Waals surface area contributed by atoms with Gasteiger partial charge >= 0.3 is 0 Å². The molecule has 22 heavy (non-hydrogen) atoms. The summed E-state index contributed by atoms with van der Waals surface area (Å²) in [7, 11) is -3.20. The molecular weight excluding hydrogens is 300 g/mol. The summed E-state index contributed by atoms with van der Waals surface area (Å²) < 4.78 is 32.9. The minimum absolute atomic E-state index is 0.206. The summed E-state index contributed by atoms with van der Waals surface area (Å²) in [6.07, 6.45) is 3.63. The standard InChI is InChI=1S/C16H24N2O3S/c19-22(20,15-6-2-3-7-15)17-13-14-5-1-4-8-16(14)18-9-11-21-12-10-18/h1,4-5,8,15,17H,2-3,6-7,9-13H2. The third-order valence-corrected chi connectivity index (χ3v) is 6.44. The Morgan fingerprint density at radius 3 is 2.55 bits per heavy atom. The van der Waals surface area contributed by atoms with Crippen LogP contribution in [0.3, 0.4) is 0 Å². The number of sulfonamides is 1. The van der Waals surface area contributed by atoms with Crippen LogP contribution < -0.4 is 9.62 Å². The number of benzene rings is 1. The van der Waals surface area contributed by atoms with Crippen molar-refractivity contribution in [3.8, 4) is 0 Å². The molecule has 5 nitrogen and oxygen atoms in total. The van der Waals surface area contributed by atoms with E-state index >= 15 is 0 Å². The van der Waals surface area contributed by atoms with E-state index < -0.39 is 10.0 Å². The SMILES string of the molecule is O=S(=O)(NCc1ccccc1N1CCOCC1)C1CCCC1. The minimum atomic E-state index is -3.20. The summed E-state index contributed by atoms with van der Waals surface area (Å²) in [6.45, 7) is 3.52. The predicted octanol–water partition coefficient (Wildman–Crippen LogP) is 1.89. The molecule has 2 fully saturated rings. The smallest absolute Gasteiger partial charge is 0.214 e. The van der Waals surface area contributed by atoms with Crippen molar-refractivity contribution in [3.05, 3.63) is 29.8 Å². The van der Waals surface area contributed by atoms with Gasteiger partial charge in [0, 0.05) is 25.3 Å². The van der Waals surface area contributed by atoms with Gasteiger partial charge in [-0.2, -0.15) is 0 Å². The highest BCUT2D eigenvalue weighted by Gasteiger charge is 2.28. The van der Waals surface area contributed by atoms with Gasteiger partial charge in [0.2, 0.25) is 10.0 Å². The van der Waals surface area contributed by atoms with Gasteiger partial charge in [0.15, 0.2) is 0 Å². The summed E-state index contributed by atoms with van der Waals surface area (Å²) in [5.41, 5.74) is 2.14. The number of nitrogens with one attached hydrogen (secondary N) is 1. The van der Waals surface area contributed by atoms with E-state index in [-0.39, 0.29) is 5.25 Å². The van der Waals surface area contributed by atoms with E-state index in [0.717, 1.165) is 63.2 Å². The molecule has 0 amide bonds. The van der Waals surface area contributed by atoms with Crippen LogP contribution in [0.2, 0.25) is 0 Å². The number of rotatable bonds is 5. The summed E-state index contributed by atoms with van der Waals surface area (Å²) in [6, 6.07) is 8.02. The monoisotopic (exact) mass is 324 g/mol. The van der Waals surface area contributed by atoms with Crippen molar-refractivity contribution in [2.45, 2.75) is 37.5 Å². The Labute approximate surface area is 132 Å². The predicted molar refractivity (Wildman–Crippen MR) is 87.5 cm³/mol. The summed E-state index contributed by atoms with van der Waals surface area (Å²) in [4.78, 5) is 2.27. The van der Waals surface area contributed by atoms with Crippen molar-refractivity contribution in [2.24, 2.45) is 0 Å². The first-order chi connectivity index (χ1) is 10.7. The van der Waals surface area contributed by atoms with E-state index in [9.17, 15) is 8.42 Å². The Bertz CT molecular complexity index is 591. The Balaban J connectivity index is 1.69. The topological polar surface area (TPSA) is 58.6 Å². The van der Waals surface area contributed by atoms with Crippen LogP contribution in [0.15, 0.2) is 24.3 Å². The van der Waals surface area contributed by atoms with Crippen LogP contribution in [-0.2, 0) is 21.3 Å². The quantitative estimate of drug-likeness (QED) is 0.898. The average molecular weight is 324 g/mol. The molecule has 1 aromatic rings. The number of hydrogen-bond acceptors (Lipinski definition) is 4. The molecule has 3 rings (SSSR count). The molecule has 0 radical (unpaired) electrons. The van der Waals surface area contributed by atoms with Gasteiger partial charge in [-0.1, -0.05) is 31.0 Å². The van der Waals surface area contributed by atoms with Crippen LogP contribution in [0.5, 0.6) is 0 Å². The maximum Gasteiger partial charge on any atom is 0.214 e. The minimum Gasteiger partial charge on any atom is -0.378 e. The lowest BCUT2D eigenvalue weighted by atomic mass is 10.1. The summed E-state index contributed by atoms with van der Waals surface area (Å²) in [5.74, 6) is 0. The summed E-state index contributed by atoms with van der Waals surface area (Å²) >= 11 is 0. The van der Waals surface area contributed by atoms with Crippen molar-refractivity contribution < 1.29 is 13.2 Å². The third kappa shape index (κ3) is 3.62. The number of hydrogen-bond donors (Lipinski definition) is 1. The van der Waals surface area contributed by atoms with Gasteiger partial charge in [-0.3, -0.25) is 0 Å². The van der Waals surface area contributed by atoms with E-state index in [2.05, 4.69) is 15.7 Å². The molecule has 1 aromatic carbocycles. The highest BCUT2D eigenvalue weighted by Crippen LogP contribution is 2.25. The van der Waals surface area contributed by atoms with Gasteiger partial charge in [0.25, 0.3) is 0 Å². The molecule has 1 aliphatic carbocycles. The number of para-hydroxylation sites is 1. The first-order valence-corrected chi connectivity index (χ1v) is 9.60. The number of ether oxygens (including phenoxy) is 1. The zero-order chi connectivity index (χ0) is 15.4. The molecule has 1 heterocycles. The molecule has 122 valence electrons. The first-order valence-electron chi connectivity index (χ1n) is 8.06. The van der Waals surface area contributed by atoms with Gasteiger partial charge in [-0.15, -0.1) is 0 Å². The molecule has 6 heteroatoms. The number of nitrogens with zero attached hydrogens (tertiary/aromatic N) is 1. The number of anilines is 1. The molecule has 0 spiro atoms. The Morgan fingerprint density at radius 1 is 1.14 bits per heavy atom. The van der Waals surface area contributed by atoms with Crippen molar-refractivity contribution in [3.63, 3.8) is 0 Å². The second-order valence-corrected chi connectivity index (χ2v) is 8.05. The van der Waals surface area contributed by atoms with E-state index in [1.165, 1.54) is 0 Å². The molecule has 0 aromatic heterocycles. The maximum absolute atomic E-state index is 12.3. The van der Waals surface area contributed by atoms with Crippen LogP contribution in [0.25, 0.3) is 0 Å². The Hall–Kier alpha value is -1.11. The van der Waals surface area contributed by atoms with Crippen molar-refractivity contribution >= 4 is 15.7 Å². The van der Waals surface area contributed by atoms with Gasteiger partial charge in [-0.25, -0.2) is 13.1 Å². The van der Waals surface area contributed by atoms with Crippen LogP contribution in [0.4, 0.5) is 5.69 Å². The fraction of sp³-hybridized carbons (Fsp3) is 0.625. The molecule has 1 saturated heterocycles. The van der Waals surface area contributed by atoms with E-state index in [1.807, 2.05) is 18.2 Å². The van der Waals surface area contributed by atoms with Crippen molar-refractivity contribution in [1.82, 2.24) is 4.72 Å². The van der Waals surface area contributed by atoms with Gasteiger partial charge in [0.05, 0.1) is 18.5 Å². The van der Waals surface area contributed by atoms with Crippen LogP contribution in [0, 0.1) is 0 Å². The lowest BCUT2D eigenvalue weighted by Crippen LogP contribution is -2.37. The molecule has 2 aliphatic rings. The van der Waals surface area contributed by atoms with Gasteiger partial charge in [0.1, 0.15) is 0 Å². The fourth-order valence-electron chi connectivity index (χ4n) is 3.27. The van der Waals surface area contributed by atoms with E-state index in [1.54, 1.807) is 0 Å². The largest absolute Gasteiger partial charge is 0.378 e. The van der Waals surface area contributed by atoms with E-state index in [0.29, 0.717) is 6.54 Å². The Kier molecular flexibility index (Phi) is 5.00. The molecule has 0 unspecified atom stereocenters. The van der Waals surface area contributed by atoms with Gasteiger partial charge < -0.3 is 9.64 Å². The van der Waals surface area contributed by atoms with E-state index in [4.69, 9.17) is 4.74 Å². The first kappa shape index (κ1) is 15.8. The highest BCUT2D eigenvalue weighted by molar-refractivity contribution is 7.90. The lowest BCUT2D eigenvalue weighted by Gasteiger charge is -2.30. The maximum atomic E-state index is 12.3. The normalized spacial score (nSPS) is 20.5. The van der Waals surface area contributed by atoms with Gasteiger partial charge in [-0.05, 0) is 24.5 Å². The third-order valence-electron chi connectivity index (χ3n) is 4.55. The second kappa shape index (κ2) is 6.98. The highest BCUT2D eigenvalue weighted by atomic mass is 32.2. The van der Waals surface area contributed by atoms with Crippen LogP contribution in [0.1, 0.15) is 31.2 Å². The lowest BCUT2D eigenvalue weighted by molar-refractivity contribution is 0.122.